The van der Waals surface area contributed by atoms with Gasteiger partial charge < -0.3 is 5.11 Å². The maximum atomic E-state index is 11.3. The molecular weight excluding hydrogens is 244 g/mol. The first-order valence-electron chi connectivity index (χ1n) is 5.19. The first kappa shape index (κ1) is 13.7. The number of rotatable bonds is 5. The second kappa shape index (κ2) is 4.87. The Bertz CT molecular complexity index is 504. The first-order chi connectivity index (χ1) is 7.71. The molecule has 0 spiro atoms. The van der Waals surface area contributed by atoms with E-state index in [1.807, 2.05) is 13.8 Å². The quantitative estimate of drug-likeness (QED) is 0.851. The van der Waals surface area contributed by atoms with Crippen LogP contribution in [0, 0.1) is 5.92 Å². The van der Waals surface area contributed by atoms with Gasteiger partial charge in [-0.2, -0.15) is 5.10 Å². The van der Waals surface area contributed by atoms with Crippen molar-refractivity contribution in [3.63, 3.8) is 0 Å². The minimum atomic E-state index is -3.35. The highest BCUT2D eigenvalue weighted by atomic mass is 32.2. The molecule has 1 aromatic heterocycles. The van der Waals surface area contributed by atoms with Crippen molar-refractivity contribution in [3.05, 3.63) is 12.4 Å². The Kier molecular flexibility index (Phi) is 3.92. The van der Waals surface area contributed by atoms with Crippen molar-refractivity contribution < 1.29 is 18.3 Å². The van der Waals surface area contributed by atoms with Crippen LogP contribution in [-0.2, 0) is 14.6 Å². The van der Waals surface area contributed by atoms with Gasteiger partial charge in [-0.15, -0.1) is 0 Å². The summed E-state index contributed by atoms with van der Waals surface area (Å²) in [5.41, 5.74) is 0. The maximum Gasteiger partial charge on any atom is 0.328 e. The molecule has 7 heteroatoms. The Labute approximate surface area is 100 Å². The zero-order chi connectivity index (χ0) is 13.2. The molecule has 1 heterocycles. The smallest absolute Gasteiger partial charge is 0.328 e. The van der Waals surface area contributed by atoms with Gasteiger partial charge in [0.05, 0.1) is 6.20 Å². The lowest BCUT2D eigenvalue weighted by Crippen LogP contribution is -2.21. The lowest BCUT2D eigenvalue weighted by Gasteiger charge is -2.14. The van der Waals surface area contributed by atoms with Crippen LogP contribution in [0.25, 0.3) is 0 Å². The van der Waals surface area contributed by atoms with Crippen LogP contribution in [-0.4, -0.2) is 35.5 Å². The molecule has 1 rings (SSSR count). The van der Waals surface area contributed by atoms with E-state index < -0.39 is 21.8 Å². The van der Waals surface area contributed by atoms with Gasteiger partial charge in [-0.3, -0.25) is 4.68 Å². The van der Waals surface area contributed by atoms with Gasteiger partial charge in [-0.1, -0.05) is 13.8 Å². The van der Waals surface area contributed by atoms with Crippen molar-refractivity contribution in [2.24, 2.45) is 5.92 Å². The van der Waals surface area contributed by atoms with E-state index >= 15 is 0 Å². The van der Waals surface area contributed by atoms with E-state index in [1.165, 1.54) is 17.1 Å². The van der Waals surface area contributed by atoms with Crippen LogP contribution in [0.1, 0.15) is 26.3 Å². The molecule has 0 fully saturated rings. The average Bonchev–Trinajstić information content (AvgIpc) is 2.60. The number of carbonyl (C=O) groups is 1. The molecule has 0 saturated carbocycles. The Morgan fingerprint density at radius 3 is 2.47 bits per heavy atom. The normalized spacial score (nSPS) is 13.9. The molecule has 17 heavy (non-hydrogen) atoms. The Morgan fingerprint density at radius 1 is 1.53 bits per heavy atom. The van der Waals surface area contributed by atoms with E-state index in [0.29, 0.717) is 6.42 Å². The van der Waals surface area contributed by atoms with Crippen LogP contribution in [0.3, 0.4) is 0 Å². The average molecular weight is 260 g/mol. The molecular formula is C10H16N2O4S. The number of carboxylic acids is 1. The van der Waals surface area contributed by atoms with Gasteiger partial charge in [0.2, 0.25) is 0 Å². The summed E-state index contributed by atoms with van der Waals surface area (Å²) in [6.45, 7) is 3.80. The van der Waals surface area contributed by atoms with Crippen LogP contribution < -0.4 is 0 Å². The highest BCUT2D eigenvalue weighted by Gasteiger charge is 2.23. The fraction of sp³-hybridized carbons (Fsp3) is 0.600. The number of hydrogen-bond acceptors (Lipinski definition) is 4. The lowest BCUT2D eigenvalue weighted by atomic mass is 10.0. The van der Waals surface area contributed by atoms with Crippen molar-refractivity contribution in [3.8, 4) is 0 Å². The molecule has 0 amide bonds. The standard InChI is InChI=1S/C10H16N2O4S/c1-7(2)4-9(10(13)14)12-6-8(5-11-12)17(3,15)16/h5-7,9H,4H2,1-3H3,(H,13,14)/t9-/m1/s1. The number of aliphatic carboxylic acids is 1. The van der Waals surface area contributed by atoms with E-state index in [9.17, 15) is 13.2 Å². The molecule has 6 nitrogen and oxygen atoms in total. The van der Waals surface area contributed by atoms with Crippen LogP contribution >= 0.6 is 0 Å². The molecule has 0 aliphatic carbocycles. The molecule has 0 saturated heterocycles. The van der Waals surface area contributed by atoms with Crippen molar-refractivity contribution in [2.45, 2.75) is 31.2 Å². The van der Waals surface area contributed by atoms with Gasteiger partial charge in [0.1, 0.15) is 10.9 Å². The summed E-state index contributed by atoms with van der Waals surface area (Å²) in [4.78, 5) is 11.1. The number of aromatic nitrogens is 2. The fourth-order valence-electron chi connectivity index (χ4n) is 1.45. The summed E-state index contributed by atoms with van der Waals surface area (Å²) >= 11 is 0. The summed E-state index contributed by atoms with van der Waals surface area (Å²) < 4.78 is 23.7. The molecule has 0 radical (unpaired) electrons. The summed E-state index contributed by atoms with van der Waals surface area (Å²) in [5.74, 6) is -0.830. The van der Waals surface area contributed by atoms with Gasteiger partial charge >= 0.3 is 5.97 Å². The third-order valence-corrected chi connectivity index (χ3v) is 3.37. The minimum Gasteiger partial charge on any atom is -0.480 e. The van der Waals surface area contributed by atoms with Crippen molar-refractivity contribution in [2.75, 3.05) is 6.26 Å². The van der Waals surface area contributed by atoms with Gasteiger partial charge in [-0.05, 0) is 12.3 Å². The van der Waals surface area contributed by atoms with Gasteiger partial charge in [-0.25, -0.2) is 13.2 Å². The maximum absolute atomic E-state index is 11.3. The largest absolute Gasteiger partial charge is 0.480 e. The molecule has 0 aliphatic heterocycles. The summed E-state index contributed by atoms with van der Waals surface area (Å²) in [7, 11) is -3.35. The Morgan fingerprint density at radius 2 is 2.12 bits per heavy atom. The van der Waals surface area contributed by atoms with Crippen molar-refractivity contribution in [1.29, 1.82) is 0 Å². The molecule has 1 aromatic rings. The van der Waals surface area contributed by atoms with Gasteiger partial charge in [0.15, 0.2) is 9.84 Å². The first-order valence-corrected chi connectivity index (χ1v) is 7.08. The predicted octanol–water partition coefficient (Wildman–Crippen LogP) is 0.958. The van der Waals surface area contributed by atoms with E-state index in [-0.39, 0.29) is 10.8 Å². The summed E-state index contributed by atoms with van der Waals surface area (Å²) in [5, 5.41) is 12.9. The van der Waals surface area contributed by atoms with Crippen molar-refractivity contribution in [1.82, 2.24) is 9.78 Å². The van der Waals surface area contributed by atoms with E-state index in [4.69, 9.17) is 5.11 Å². The third-order valence-electron chi connectivity index (χ3n) is 2.31. The zero-order valence-corrected chi connectivity index (χ0v) is 10.8. The number of nitrogens with zero attached hydrogens (tertiary/aromatic N) is 2. The number of carboxylic acid groups (broad SMARTS) is 1. The predicted molar refractivity (Wildman–Crippen MR) is 61.5 cm³/mol. The molecule has 0 bridgehead atoms. The molecule has 1 N–H and O–H groups in total. The zero-order valence-electron chi connectivity index (χ0n) is 9.99. The summed E-state index contributed by atoms with van der Waals surface area (Å²) in [6.07, 6.45) is 3.90. The molecule has 1 atom stereocenters. The Hall–Kier alpha value is -1.37. The van der Waals surface area contributed by atoms with E-state index in [0.717, 1.165) is 6.26 Å². The van der Waals surface area contributed by atoms with E-state index in [2.05, 4.69) is 5.10 Å². The van der Waals surface area contributed by atoms with Crippen LogP contribution in [0.5, 0.6) is 0 Å². The van der Waals surface area contributed by atoms with Crippen LogP contribution in [0.4, 0.5) is 0 Å². The molecule has 96 valence electrons. The second-order valence-electron chi connectivity index (χ2n) is 4.41. The topological polar surface area (TPSA) is 89.3 Å². The SMILES string of the molecule is CC(C)C[C@H](C(=O)O)n1cc(S(C)(=O)=O)cn1. The van der Waals surface area contributed by atoms with Crippen LogP contribution in [0.15, 0.2) is 17.3 Å². The van der Waals surface area contributed by atoms with Gasteiger partial charge in [0, 0.05) is 12.5 Å². The molecule has 0 aliphatic rings. The second-order valence-corrected chi connectivity index (χ2v) is 6.43. The highest BCUT2D eigenvalue weighted by molar-refractivity contribution is 7.90. The third kappa shape index (κ3) is 3.55. The number of hydrogen-bond donors (Lipinski definition) is 1. The highest BCUT2D eigenvalue weighted by Crippen LogP contribution is 2.19. The monoisotopic (exact) mass is 260 g/mol. The minimum absolute atomic E-state index is 0.0347. The molecule has 0 unspecified atom stereocenters. The van der Waals surface area contributed by atoms with Crippen molar-refractivity contribution >= 4 is 15.8 Å². The van der Waals surface area contributed by atoms with Gasteiger partial charge in [0.25, 0.3) is 0 Å². The fourth-order valence-corrected chi connectivity index (χ4v) is 1.99. The summed E-state index contributed by atoms with van der Waals surface area (Å²) in [6, 6.07) is -0.828. The number of sulfone groups is 1. The molecule has 0 aromatic carbocycles. The lowest BCUT2D eigenvalue weighted by molar-refractivity contribution is -0.141. The van der Waals surface area contributed by atoms with Crippen LogP contribution in [0.2, 0.25) is 0 Å². The van der Waals surface area contributed by atoms with E-state index in [1.54, 1.807) is 0 Å². The Balaban J connectivity index is 3.04.